The number of amides is 3. The SMILES string of the molecule is O=C(Nc1ccc(NC2CCCCC2)cc1)c1ccc2c(c1)C(=O)N(Cc1ccco1)C2=O. The van der Waals surface area contributed by atoms with E-state index in [0.717, 1.165) is 10.6 Å². The Morgan fingerprint density at radius 2 is 1.64 bits per heavy atom. The first-order valence-electron chi connectivity index (χ1n) is 11.3. The molecule has 5 rings (SSSR count). The van der Waals surface area contributed by atoms with Gasteiger partial charge in [0.25, 0.3) is 17.7 Å². The third-order valence-electron chi connectivity index (χ3n) is 6.25. The highest BCUT2D eigenvalue weighted by Crippen LogP contribution is 2.27. The number of imide groups is 1. The summed E-state index contributed by atoms with van der Waals surface area (Å²) in [7, 11) is 0. The lowest BCUT2D eigenvalue weighted by Gasteiger charge is -2.23. The van der Waals surface area contributed by atoms with Crippen LogP contribution in [0.3, 0.4) is 0 Å². The average Bonchev–Trinajstić information content (AvgIpc) is 3.44. The Morgan fingerprint density at radius 3 is 2.36 bits per heavy atom. The molecule has 0 radical (unpaired) electrons. The molecule has 2 heterocycles. The molecule has 0 unspecified atom stereocenters. The molecule has 1 aliphatic carbocycles. The zero-order chi connectivity index (χ0) is 22.8. The van der Waals surface area contributed by atoms with Crippen LogP contribution in [-0.4, -0.2) is 28.7 Å². The third-order valence-corrected chi connectivity index (χ3v) is 6.25. The summed E-state index contributed by atoms with van der Waals surface area (Å²) in [6.07, 6.45) is 7.72. The Hall–Kier alpha value is -3.87. The lowest BCUT2D eigenvalue weighted by atomic mass is 9.95. The molecule has 2 N–H and O–H groups in total. The summed E-state index contributed by atoms with van der Waals surface area (Å²) in [6, 6.07) is 16.1. The van der Waals surface area contributed by atoms with Gasteiger partial charge in [0.05, 0.1) is 23.9 Å². The van der Waals surface area contributed by atoms with Crippen LogP contribution in [0.15, 0.2) is 65.3 Å². The largest absolute Gasteiger partial charge is 0.467 e. The van der Waals surface area contributed by atoms with E-state index in [1.54, 1.807) is 18.2 Å². The van der Waals surface area contributed by atoms with Crippen LogP contribution in [0.4, 0.5) is 11.4 Å². The van der Waals surface area contributed by atoms with E-state index in [2.05, 4.69) is 10.6 Å². The maximum absolute atomic E-state index is 12.8. The number of hydrogen-bond acceptors (Lipinski definition) is 5. The van der Waals surface area contributed by atoms with Crippen molar-refractivity contribution in [1.29, 1.82) is 0 Å². The molecule has 33 heavy (non-hydrogen) atoms. The molecule has 1 aliphatic heterocycles. The topological polar surface area (TPSA) is 91.7 Å². The fraction of sp³-hybridized carbons (Fsp3) is 0.269. The second-order valence-electron chi connectivity index (χ2n) is 8.55. The van der Waals surface area contributed by atoms with Gasteiger partial charge in [-0.2, -0.15) is 0 Å². The van der Waals surface area contributed by atoms with E-state index >= 15 is 0 Å². The van der Waals surface area contributed by atoms with Crippen LogP contribution < -0.4 is 10.6 Å². The molecule has 0 bridgehead atoms. The Labute approximate surface area is 191 Å². The van der Waals surface area contributed by atoms with Gasteiger partial charge in [0.15, 0.2) is 0 Å². The smallest absolute Gasteiger partial charge is 0.261 e. The van der Waals surface area contributed by atoms with Crippen molar-refractivity contribution in [3.63, 3.8) is 0 Å². The number of furan rings is 1. The van der Waals surface area contributed by atoms with E-state index in [0.29, 0.717) is 28.6 Å². The molecule has 2 aliphatic rings. The van der Waals surface area contributed by atoms with Crippen LogP contribution in [0.25, 0.3) is 0 Å². The predicted octanol–water partition coefficient (Wildman–Crippen LogP) is 5.07. The second-order valence-corrected chi connectivity index (χ2v) is 8.55. The number of hydrogen-bond donors (Lipinski definition) is 2. The standard InChI is InChI=1S/C26H25N3O4/c30-24(28-20-11-9-19(10-12-20)27-18-5-2-1-3-6-18)17-8-13-22-23(15-17)26(32)29(25(22)31)16-21-7-4-14-33-21/h4,7-15,18,27H,1-3,5-6,16H2,(H,28,30). The van der Waals surface area contributed by atoms with Gasteiger partial charge in [-0.05, 0) is 67.4 Å². The van der Waals surface area contributed by atoms with E-state index in [-0.39, 0.29) is 23.9 Å². The number of nitrogens with zero attached hydrogens (tertiary/aromatic N) is 1. The Balaban J connectivity index is 1.25. The summed E-state index contributed by atoms with van der Waals surface area (Å²) < 4.78 is 5.26. The fourth-order valence-electron chi connectivity index (χ4n) is 4.47. The first-order valence-corrected chi connectivity index (χ1v) is 11.3. The van der Waals surface area contributed by atoms with Crippen LogP contribution in [0.2, 0.25) is 0 Å². The molecule has 3 amide bonds. The van der Waals surface area contributed by atoms with Crippen LogP contribution in [0.5, 0.6) is 0 Å². The van der Waals surface area contributed by atoms with Crippen LogP contribution in [-0.2, 0) is 6.54 Å². The van der Waals surface area contributed by atoms with Crippen molar-refractivity contribution >= 4 is 29.1 Å². The number of nitrogens with one attached hydrogen (secondary N) is 2. The van der Waals surface area contributed by atoms with Crippen molar-refractivity contribution in [1.82, 2.24) is 4.90 Å². The first-order chi connectivity index (χ1) is 16.1. The minimum Gasteiger partial charge on any atom is -0.467 e. The number of carbonyl (C=O) groups excluding carboxylic acids is 3. The maximum atomic E-state index is 12.8. The molecule has 0 spiro atoms. The summed E-state index contributed by atoms with van der Waals surface area (Å²) in [5, 5.41) is 6.42. The fourth-order valence-corrected chi connectivity index (χ4v) is 4.47. The highest BCUT2D eigenvalue weighted by atomic mass is 16.3. The number of rotatable bonds is 6. The summed E-state index contributed by atoms with van der Waals surface area (Å²) in [6.45, 7) is 0.0577. The molecule has 1 aromatic heterocycles. The Bertz CT molecular complexity index is 1180. The third kappa shape index (κ3) is 4.39. The normalized spacial score (nSPS) is 16.1. The second kappa shape index (κ2) is 8.94. The van der Waals surface area contributed by atoms with E-state index in [1.807, 2.05) is 24.3 Å². The molecule has 3 aromatic rings. The summed E-state index contributed by atoms with van der Waals surface area (Å²) >= 11 is 0. The highest BCUT2D eigenvalue weighted by Gasteiger charge is 2.36. The molecule has 0 saturated heterocycles. The summed E-state index contributed by atoms with van der Waals surface area (Å²) in [4.78, 5) is 39.3. The number of benzene rings is 2. The van der Waals surface area contributed by atoms with Crippen LogP contribution in [0.1, 0.15) is 68.9 Å². The van der Waals surface area contributed by atoms with Crippen molar-refractivity contribution in [3.05, 3.63) is 83.3 Å². The van der Waals surface area contributed by atoms with Gasteiger partial charge in [-0.15, -0.1) is 0 Å². The quantitative estimate of drug-likeness (QED) is 0.519. The van der Waals surface area contributed by atoms with Gasteiger partial charge in [0, 0.05) is 23.0 Å². The van der Waals surface area contributed by atoms with Crippen LogP contribution >= 0.6 is 0 Å². The van der Waals surface area contributed by atoms with Gasteiger partial charge < -0.3 is 15.1 Å². The average molecular weight is 444 g/mol. The molecular weight excluding hydrogens is 418 g/mol. The molecule has 1 saturated carbocycles. The zero-order valence-corrected chi connectivity index (χ0v) is 18.2. The van der Waals surface area contributed by atoms with E-state index in [9.17, 15) is 14.4 Å². The number of anilines is 2. The molecule has 1 fully saturated rings. The van der Waals surface area contributed by atoms with E-state index in [1.165, 1.54) is 50.5 Å². The minimum atomic E-state index is -0.431. The lowest BCUT2D eigenvalue weighted by molar-refractivity contribution is 0.0631. The van der Waals surface area contributed by atoms with Gasteiger partial charge in [-0.3, -0.25) is 19.3 Å². The molecule has 168 valence electrons. The molecular formula is C26H25N3O4. The van der Waals surface area contributed by atoms with Gasteiger partial charge >= 0.3 is 0 Å². The van der Waals surface area contributed by atoms with E-state index in [4.69, 9.17) is 4.42 Å². The first kappa shape index (κ1) is 21.0. The highest BCUT2D eigenvalue weighted by molar-refractivity contribution is 6.22. The zero-order valence-electron chi connectivity index (χ0n) is 18.2. The Kier molecular flexibility index (Phi) is 5.69. The maximum Gasteiger partial charge on any atom is 0.261 e. The predicted molar refractivity (Wildman–Crippen MR) is 124 cm³/mol. The summed E-state index contributed by atoms with van der Waals surface area (Å²) in [5.41, 5.74) is 2.54. The van der Waals surface area contributed by atoms with Gasteiger partial charge in [0.2, 0.25) is 0 Å². The molecule has 2 aromatic carbocycles. The van der Waals surface area contributed by atoms with Crippen molar-refractivity contribution in [3.8, 4) is 0 Å². The van der Waals surface area contributed by atoms with Crippen molar-refractivity contribution in [2.75, 3.05) is 10.6 Å². The van der Waals surface area contributed by atoms with Crippen molar-refractivity contribution < 1.29 is 18.8 Å². The molecule has 7 heteroatoms. The molecule has 7 nitrogen and oxygen atoms in total. The lowest BCUT2D eigenvalue weighted by Crippen LogP contribution is -2.28. The monoisotopic (exact) mass is 443 g/mol. The number of carbonyl (C=O) groups is 3. The van der Waals surface area contributed by atoms with Crippen LogP contribution in [0, 0.1) is 0 Å². The van der Waals surface area contributed by atoms with Gasteiger partial charge in [-0.25, -0.2) is 0 Å². The number of fused-ring (bicyclic) bond motifs is 1. The van der Waals surface area contributed by atoms with Gasteiger partial charge in [-0.1, -0.05) is 19.3 Å². The van der Waals surface area contributed by atoms with Crippen molar-refractivity contribution in [2.45, 2.75) is 44.7 Å². The molecule has 0 atom stereocenters. The minimum absolute atomic E-state index is 0.0577. The Morgan fingerprint density at radius 1 is 0.909 bits per heavy atom. The van der Waals surface area contributed by atoms with Gasteiger partial charge in [0.1, 0.15) is 5.76 Å². The van der Waals surface area contributed by atoms with E-state index < -0.39 is 5.91 Å². The summed E-state index contributed by atoms with van der Waals surface area (Å²) in [5.74, 6) is -0.641. The van der Waals surface area contributed by atoms with Crippen molar-refractivity contribution in [2.24, 2.45) is 0 Å².